The van der Waals surface area contributed by atoms with Crippen LogP contribution in [0.25, 0.3) is 11.1 Å². The molecule has 21 heavy (non-hydrogen) atoms. The second-order valence-electron chi connectivity index (χ2n) is 6.29. The molecule has 0 heterocycles. The van der Waals surface area contributed by atoms with Gasteiger partial charge in [-0.1, -0.05) is 56.3 Å². The molecule has 0 aromatic heterocycles. The number of hydrogen-bond donors (Lipinski definition) is 1. The van der Waals surface area contributed by atoms with Crippen LogP contribution in [0.4, 0.5) is 0 Å². The number of hydrogen-bond acceptors (Lipinski definition) is 2. The summed E-state index contributed by atoms with van der Waals surface area (Å²) in [5, 5.41) is 0. The molecule has 0 spiro atoms. The van der Waals surface area contributed by atoms with Gasteiger partial charge in [-0.2, -0.15) is 5.48 Å². The second-order valence-corrected chi connectivity index (χ2v) is 6.29. The molecular formula is C19H23NO. The minimum atomic E-state index is 0.206. The maximum absolute atomic E-state index is 5.54. The summed E-state index contributed by atoms with van der Waals surface area (Å²) in [6, 6.07) is 15.6. The van der Waals surface area contributed by atoms with E-state index in [9.17, 15) is 0 Å². The molecule has 1 N–H and O–H groups in total. The topological polar surface area (TPSA) is 21.3 Å². The molecule has 0 radical (unpaired) electrons. The van der Waals surface area contributed by atoms with Crippen molar-refractivity contribution in [3.63, 3.8) is 0 Å². The molecule has 2 nitrogen and oxygen atoms in total. The van der Waals surface area contributed by atoms with E-state index in [1.54, 1.807) is 0 Å². The summed E-state index contributed by atoms with van der Waals surface area (Å²) in [7, 11) is 0. The first-order valence-corrected chi connectivity index (χ1v) is 7.73. The van der Waals surface area contributed by atoms with Crippen molar-refractivity contribution in [1.29, 1.82) is 0 Å². The van der Waals surface area contributed by atoms with Crippen LogP contribution in [0.5, 0.6) is 0 Å². The lowest BCUT2D eigenvalue weighted by atomic mass is 10.0. The Morgan fingerprint density at radius 2 is 1.76 bits per heavy atom. The first kappa shape index (κ1) is 14.3. The number of fused-ring (bicyclic) bond motifs is 3. The van der Waals surface area contributed by atoms with E-state index in [4.69, 9.17) is 4.84 Å². The molecule has 2 aromatic rings. The van der Waals surface area contributed by atoms with Crippen molar-refractivity contribution < 1.29 is 4.84 Å². The van der Waals surface area contributed by atoms with E-state index in [2.05, 4.69) is 68.7 Å². The van der Waals surface area contributed by atoms with Gasteiger partial charge in [-0.25, -0.2) is 0 Å². The number of rotatable bonds is 5. The summed E-state index contributed by atoms with van der Waals surface area (Å²) >= 11 is 0. The molecule has 1 unspecified atom stereocenters. The third kappa shape index (κ3) is 3.02. The van der Waals surface area contributed by atoms with Crippen molar-refractivity contribution in [2.24, 2.45) is 5.92 Å². The number of benzene rings is 2. The van der Waals surface area contributed by atoms with Crippen LogP contribution in [-0.4, -0.2) is 6.61 Å². The molecule has 110 valence electrons. The normalized spacial score (nSPS) is 14.1. The van der Waals surface area contributed by atoms with E-state index in [1.807, 2.05) is 0 Å². The zero-order valence-corrected chi connectivity index (χ0v) is 13.0. The molecule has 2 aromatic carbocycles. The van der Waals surface area contributed by atoms with Crippen molar-refractivity contribution in [1.82, 2.24) is 5.48 Å². The van der Waals surface area contributed by atoms with Gasteiger partial charge in [0.2, 0.25) is 0 Å². The SMILES string of the molecule is CC(C)CONC(C)c1ccc2c(c1)Cc1ccccc1-2. The third-order valence-corrected chi connectivity index (χ3v) is 3.99. The van der Waals surface area contributed by atoms with Gasteiger partial charge < -0.3 is 4.84 Å². The average Bonchev–Trinajstić information content (AvgIpc) is 2.84. The van der Waals surface area contributed by atoms with Crippen molar-refractivity contribution in [2.45, 2.75) is 33.2 Å². The standard InChI is InChI=1S/C19H23NO/c1-13(2)12-21-20-14(3)15-8-9-19-17(10-15)11-16-6-4-5-7-18(16)19/h4-10,13-14,20H,11-12H2,1-3H3. The largest absolute Gasteiger partial charge is 0.301 e. The minimum absolute atomic E-state index is 0.206. The van der Waals surface area contributed by atoms with Gasteiger partial charge in [-0.3, -0.25) is 0 Å². The molecule has 1 atom stereocenters. The van der Waals surface area contributed by atoms with Crippen molar-refractivity contribution in [3.05, 3.63) is 59.2 Å². The molecule has 0 fully saturated rings. The predicted molar refractivity (Wildman–Crippen MR) is 87.0 cm³/mol. The Balaban J connectivity index is 1.74. The molecule has 1 aliphatic rings. The third-order valence-electron chi connectivity index (χ3n) is 3.99. The van der Waals surface area contributed by atoms with Gasteiger partial charge in [-0.05, 0) is 47.1 Å². The monoisotopic (exact) mass is 281 g/mol. The molecule has 0 aliphatic heterocycles. The van der Waals surface area contributed by atoms with Crippen molar-refractivity contribution >= 4 is 0 Å². The molecule has 0 saturated carbocycles. The maximum Gasteiger partial charge on any atom is 0.0705 e. The van der Waals surface area contributed by atoms with Crippen LogP contribution in [0.3, 0.4) is 0 Å². The van der Waals surface area contributed by atoms with E-state index in [-0.39, 0.29) is 6.04 Å². The zero-order chi connectivity index (χ0) is 14.8. The van der Waals surface area contributed by atoms with Crippen LogP contribution in [-0.2, 0) is 11.3 Å². The van der Waals surface area contributed by atoms with E-state index in [0.29, 0.717) is 5.92 Å². The highest BCUT2D eigenvalue weighted by molar-refractivity contribution is 5.76. The Hall–Kier alpha value is -1.64. The van der Waals surface area contributed by atoms with Gasteiger partial charge in [0.25, 0.3) is 0 Å². The highest BCUT2D eigenvalue weighted by Crippen LogP contribution is 2.37. The summed E-state index contributed by atoms with van der Waals surface area (Å²) in [4.78, 5) is 5.54. The molecule has 0 amide bonds. The fourth-order valence-electron chi connectivity index (χ4n) is 2.84. The highest BCUT2D eigenvalue weighted by Gasteiger charge is 2.18. The molecule has 3 rings (SSSR count). The van der Waals surface area contributed by atoms with Gasteiger partial charge in [0.1, 0.15) is 0 Å². The van der Waals surface area contributed by atoms with Gasteiger partial charge in [0.15, 0.2) is 0 Å². The Kier molecular flexibility index (Phi) is 4.09. The Morgan fingerprint density at radius 1 is 1.00 bits per heavy atom. The lowest BCUT2D eigenvalue weighted by Crippen LogP contribution is -2.21. The first-order chi connectivity index (χ1) is 10.1. The highest BCUT2D eigenvalue weighted by atomic mass is 16.6. The van der Waals surface area contributed by atoms with E-state index in [1.165, 1.54) is 27.8 Å². The molecule has 0 saturated heterocycles. The van der Waals surface area contributed by atoms with Crippen LogP contribution < -0.4 is 5.48 Å². The maximum atomic E-state index is 5.54. The van der Waals surface area contributed by atoms with Crippen LogP contribution >= 0.6 is 0 Å². The Labute approximate surface area is 127 Å². The summed E-state index contributed by atoms with van der Waals surface area (Å²) in [5.74, 6) is 0.541. The summed E-state index contributed by atoms with van der Waals surface area (Å²) in [5.41, 5.74) is 10.0. The van der Waals surface area contributed by atoms with E-state index >= 15 is 0 Å². The van der Waals surface area contributed by atoms with Crippen LogP contribution in [0.1, 0.15) is 43.5 Å². The minimum Gasteiger partial charge on any atom is -0.301 e. The van der Waals surface area contributed by atoms with Crippen molar-refractivity contribution in [2.75, 3.05) is 6.61 Å². The molecular weight excluding hydrogens is 258 g/mol. The summed E-state index contributed by atoms with van der Waals surface area (Å²) in [6.45, 7) is 7.18. The molecule has 1 aliphatic carbocycles. The number of hydroxylamine groups is 1. The first-order valence-electron chi connectivity index (χ1n) is 7.73. The molecule has 0 bridgehead atoms. The smallest absolute Gasteiger partial charge is 0.0705 e. The van der Waals surface area contributed by atoms with Gasteiger partial charge in [0, 0.05) is 0 Å². The van der Waals surface area contributed by atoms with Gasteiger partial charge >= 0.3 is 0 Å². The Morgan fingerprint density at radius 3 is 2.57 bits per heavy atom. The van der Waals surface area contributed by atoms with Crippen LogP contribution in [0.15, 0.2) is 42.5 Å². The van der Waals surface area contributed by atoms with Crippen molar-refractivity contribution in [3.8, 4) is 11.1 Å². The van der Waals surface area contributed by atoms with E-state index < -0.39 is 0 Å². The average molecular weight is 281 g/mol. The summed E-state index contributed by atoms with van der Waals surface area (Å²) in [6.07, 6.45) is 1.04. The van der Waals surface area contributed by atoms with Gasteiger partial charge in [-0.15, -0.1) is 0 Å². The summed E-state index contributed by atoms with van der Waals surface area (Å²) < 4.78 is 0. The Bertz CT molecular complexity index is 633. The van der Waals surface area contributed by atoms with Gasteiger partial charge in [0.05, 0.1) is 12.6 Å². The van der Waals surface area contributed by atoms with Crippen LogP contribution in [0.2, 0.25) is 0 Å². The number of nitrogens with one attached hydrogen (secondary N) is 1. The fraction of sp³-hybridized carbons (Fsp3) is 0.368. The van der Waals surface area contributed by atoms with Crippen LogP contribution in [0, 0.1) is 5.92 Å². The molecule has 2 heteroatoms. The zero-order valence-electron chi connectivity index (χ0n) is 13.0. The second kappa shape index (κ2) is 6.00. The lowest BCUT2D eigenvalue weighted by molar-refractivity contribution is 0.00408. The predicted octanol–water partition coefficient (Wildman–Crippen LogP) is 4.50. The fourth-order valence-corrected chi connectivity index (χ4v) is 2.84. The quantitative estimate of drug-likeness (QED) is 0.695. The lowest BCUT2D eigenvalue weighted by Gasteiger charge is -2.16. The van der Waals surface area contributed by atoms with E-state index in [0.717, 1.165) is 13.0 Å².